The fourth-order valence-electron chi connectivity index (χ4n) is 2.37. The third kappa shape index (κ3) is 2.60. The summed E-state index contributed by atoms with van der Waals surface area (Å²) in [6.07, 6.45) is 0. The van der Waals surface area contributed by atoms with E-state index in [1.165, 1.54) is 30.3 Å². The molecule has 0 aliphatic heterocycles. The average Bonchev–Trinajstić information content (AvgIpc) is 2.49. The van der Waals surface area contributed by atoms with E-state index in [9.17, 15) is 13.2 Å². The summed E-state index contributed by atoms with van der Waals surface area (Å²) in [5, 5.41) is 1.03. The van der Waals surface area contributed by atoms with Gasteiger partial charge in [-0.15, -0.1) is 0 Å². The van der Waals surface area contributed by atoms with E-state index in [4.69, 9.17) is 17.3 Å². The highest BCUT2D eigenvalue weighted by Crippen LogP contribution is 2.22. The number of aryl methyl sites for hydroxylation is 1. The molecule has 0 bridgehead atoms. The van der Waals surface area contributed by atoms with Gasteiger partial charge in [0.05, 0.1) is 10.4 Å². The summed E-state index contributed by atoms with van der Waals surface area (Å²) in [4.78, 5) is 12.5. The Hall–Kier alpha value is -2.31. The first-order valence-electron chi connectivity index (χ1n) is 6.74. The Kier molecular flexibility index (Phi) is 3.66. The summed E-state index contributed by atoms with van der Waals surface area (Å²) in [5.74, 6) is 0. The average molecular weight is 349 g/mol. The quantitative estimate of drug-likeness (QED) is 0.722. The lowest BCUT2D eigenvalue weighted by Gasteiger charge is -2.13. The smallest absolute Gasteiger partial charge is 0.271 e. The van der Waals surface area contributed by atoms with Crippen molar-refractivity contribution in [3.8, 4) is 0 Å². The third-order valence-electron chi connectivity index (χ3n) is 3.52. The van der Waals surface area contributed by atoms with Gasteiger partial charge in [0.15, 0.2) is 0 Å². The molecule has 2 aromatic carbocycles. The molecule has 0 unspecified atom stereocenters. The predicted octanol–water partition coefficient (Wildman–Crippen LogP) is 2.78. The number of rotatable bonds is 2. The van der Waals surface area contributed by atoms with Gasteiger partial charge in [0.2, 0.25) is 0 Å². The summed E-state index contributed by atoms with van der Waals surface area (Å²) in [6, 6.07) is 12.1. The van der Waals surface area contributed by atoms with Crippen molar-refractivity contribution < 1.29 is 8.42 Å². The molecule has 0 amide bonds. The molecular formula is C16H13ClN2O3S. The molecule has 0 saturated heterocycles. The number of nitrogens with two attached hydrogens (primary N) is 1. The molecule has 5 nitrogen and oxygen atoms in total. The molecule has 2 N–H and O–H groups in total. The van der Waals surface area contributed by atoms with Crippen molar-refractivity contribution in [1.29, 1.82) is 0 Å². The van der Waals surface area contributed by atoms with Crippen LogP contribution in [0, 0.1) is 6.92 Å². The van der Waals surface area contributed by atoms with E-state index in [0.717, 1.165) is 3.97 Å². The van der Waals surface area contributed by atoms with E-state index in [-0.39, 0.29) is 10.4 Å². The minimum atomic E-state index is -4.06. The molecule has 0 aliphatic rings. The molecule has 1 heterocycles. The third-order valence-corrected chi connectivity index (χ3v) is 5.48. The molecule has 3 rings (SSSR count). The van der Waals surface area contributed by atoms with E-state index >= 15 is 0 Å². The van der Waals surface area contributed by atoms with E-state index in [1.807, 2.05) is 0 Å². The number of aromatic nitrogens is 1. The van der Waals surface area contributed by atoms with Crippen LogP contribution in [0.5, 0.6) is 0 Å². The summed E-state index contributed by atoms with van der Waals surface area (Å²) in [6.45, 7) is 1.58. The maximum absolute atomic E-state index is 12.9. The van der Waals surface area contributed by atoms with Crippen LogP contribution < -0.4 is 11.3 Å². The predicted molar refractivity (Wildman–Crippen MR) is 91.4 cm³/mol. The number of pyridine rings is 1. The summed E-state index contributed by atoms with van der Waals surface area (Å²) in [7, 11) is -4.06. The number of halogens is 1. The van der Waals surface area contributed by atoms with Gasteiger partial charge in [0.25, 0.3) is 15.6 Å². The second kappa shape index (κ2) is 5.40. The molecular weight excluding hydrogens is 336 g/mol. The fourth-order valence-corrected chi connectivity index (χ4v) is 3.97. The van der Waals surface area contributed by atoms with Crippen molar-refractivity contribution in [3.63, 3.8) is 0 Å². The van der Waals surface area contributed by atoms with Gasteiger partial charge in [-0.2, -0.15) is 3.97 Å². The van der Waals surface area contributed by atoms with Gasteiger partial charge in [-0.3, -0.25) is 4.79 Å². The molecule has 0 atom stereocenters. The fraction of sp³-hybridized carbons (Fsp3) is 0.0625. The minimum Gasteiger partial charge on any atom is -0.399 e. The zero-order chi connectivity index (χ0) is 16.8. The Bertz CT molecular complexity index is 1070. The SMILES string of the molecule is Cc1cc2ccc(N)cc2n(S(=O)(=O)c2ccc(Cl)cc2)c1=O. The Balaban J connectivity index is 2.43. The van der Waals surface area contributed by atoms with Crippen molar-refractivity contribution in [3.05, 3.63) is 69.5 Å². The molecule has 0 fully saturated rings. The van der Waals surface area contributed by atoms with Crippen LogP contribution in [0.2, 0.25) is 5.02 Å². The lowest BCUT2D eigenvalue weighted by molar-refractivity contribution is 0.587. The number of nitrogen functional groups attached to an aromatic ring is 1. The largest absolute Gasteiger partial charge is 0.399 e. The highest BCUT2D eigenvalue weighted by molar-refractivity contribution is 7.90. The molecule has 1 aromatic heterocycles. The molecule has 0 aliphatic carbocycles. The van der Waals surface area contributed by atoms with Gasteiger partial charge >= 0.3 is 0 Å². The van der Waals surface area contributed by atoms with Crippen LogP contribution in [0.1, 0.15) is 5.56 Å². The van der Waals surface area contributed by atoms with Crippen LogP contribution in [0.15, 0.2) is 58.2 Å². The van der Waals surface area contributed by atoms with E-state index in [2.05, 4.69) is 0 Å². The first kappa shape index (κ1) is 15.6. The Morgan fingerprint density at radius 2 is 1.70 bits per heavy atom. The number of benzene rings is 2. The molecule has 0 saturated carbocycles. The second-order valence-corrected chi connectivity index (χ2v) is 7.40. The Morgan fingerprint density at radius 1 is 1.04 bits per heavy atom. The lowest BCUT2D eigenvalue weighted by atomic mass is 10.1. The number of hydrogen-bond acceptors (Lipinski definition) is 4. The summed E-state index contributed by atoms with van der Waals surface area (Å²) < 4.78 is 26.6. The molecule has 118 valence electrons. The Morgan fingerprint density at radius 3 is 2.35 bits per heavy atom. The van der Waals surface area contributed by atoms with Crippen molar-refractivity contribution in [2.75, 3.05) is 5.73 Å². The molecule has 3 aromatic rings. The zero-order valence-electron chi connectivity index (χ0n) is 12.2. The van der Waals surface area contributed by atoms with E-state index in [0.29, 0.717) is 21.7 Å². The first-order chi connectivity index (χ1) is 10.8. The Labute approximate surface area is 138 Å². The van der Waals surface area contributed by atoms with Gasteiger partial charge in [0.1, 0.15) is 0 Å². The number of hydrogen-bond donors (Lipinski definition) is 1. The number of fused-ring (bicyclic) bond motifs is 1. The zero-order valence-corrected chi connectivity index (χ0v) is 13.7. The van der Waals surface area contributed by atoms with Crippen LogP contribution in [0.4, 0.5) is 5.69 Å². The standard InChI is InChI=1S/C16H13ClN2O3S/c1-10-8-11-2-5-13(18)9-15(11)19(16(10)20)23(21,22)14-6-3-12(17)4-7-14/h2-9H,18H2,1H3. The van der Waals surface area contributed by atoms with Gasteiger partial charge < -0.3 is 5.73 Å². The number of anilines is 1. The topological polar surface area (TPSA) is 82.2 Å². The first-order valence-corrected chi connectivity index (χ1v) is 8.55. The monoisotopic (exact) mass is 348 g/mol. The van der Waals surface area contributed by atoms with Crippen molar-refractivity contribution in [1.82, 2.24) is 3.97 Å². The summed E-state index contributed by atoms with van der Waals surface area (Å²) >= 11 is 5.80. The normalized spacial score (nSPS) is 11.7. The van der Waals surface area contributed by atoms with Crippen molar-refractivity contribution >= 4 is 38.2 Å². The molecule has 7 heteroatoms. The van der Waals surface area contributed by atoms with Crippen LogP contribution in [0.3, 0.4) is 0 Å². The van der Waals surface area contributed by atoms with Crippen LogP contribution >= 0.6 is 11.6 Å². The van der Waals surface area contributed by atoms with Crippen molar-refractivity contribution in [2.45, 2.75) is 11.8 Å². The number of nitrogens with zero attached hydrogens (tertiary/aromatic N) is 1. The highest BCUT2D eigenvalue weighted by atomic mass is 35.5. The second-order valence-electron chi connectivity index (χ2n) is 5.17. The van der Waals surface area contributed by atoms with Crippen LogP contribution in [-0.4, -0.2) is 12.4 Å². The molecule has 0 radical (unpaired) electrons. The highest BCUT2D eigenvalue weighted by Gasteiger charge is 2.22. The van der Waals surface area contributed by atoms with Crippen LogP contribution in [0.25, 0.3) is 10.9 Å². The van der Waals surface area contributed by atoms with Crippen LogP contribution in [-0.2, 0) is 10.0 Å². The van der Waals surface area contributed by atoms with Gasteiger partial charge in [-0.05, 0) is 54.8 Å². The van der Waals surface area contributed by atoms with E-state index in [1.54, 1.807) is 25.1 Å². The summed E-state index contributed by atoms with van der Waals surface area (Å²) in [5.41, 5.74) is 6.11. The lowest BCUT2D eigenvalue weighted by Crippen LogP contribution is -2.29. The molecule has 23 heavy (non-hydrogen) atoms. The maximum Gasteiger partial charge on any atom is 0.271 e. The molecule has 0 spiro atoms. The minimum absolute atomic E-state index is 0.0154. The van der Waals surface area contributed by atoms with Crippen molar-refractivity contribution in [2.24, 2.45) is 0 Å². The van der Waals surface area contributed by atoms with E-state index < -0.39 is 15.6 Å². The van der Waals surface area contributed by atoms with Gasteiger partial charge in [0, 0.05) is 16.3 Å². The van der Waals surface area contributed by atoms with Gasteiger partial charge in [-0.25, -0.2) is 8.42 Å². The maximum atomic E-state index is 12.9. The van der Waals surface area contributed by atoms with Gasteiger partial charge in [-0.1, -0.05) is 17.7 Å².